The molecular formula is C17H28N2O2. The molecule has 4 heteroatoms. The summed E-state index contributed by atoms with van der Waals surface area (Å²) in [6.45, 7) is 8.42. The number of ether oxygens (including phenoxy) is 1. The number of rotatable bonds is 10. The van der Waals surface area contributed by atoms with Crippen molar-refractivity contribution in [2.75, 3.05) is 25.1 Å². The highest BCUT2D eigenvalue weighted by atomic mass is 16.5. The number of anilines is 1. The normalized spacial score (nSPS) is 12.1. The molecule has 0 aliphatic rings. The molecule has 0 heterocycles. The maximum Gasteiger partial charge on any atom is 0.221 e. The minimum atomic E-state index is -0.0445. The fourth-order valence-corrected chi connectivity index (χ4v) is 2.05. The topological polar surface area (TPSA) is 50.4 Å². The molecule has 0 aliphatic carbocycles. The average molecular weight is 292 g/mol. The number of amides is 1. The second-order valence-electron chi connectivity index (χ2n) is 5.30. The standard InChI is InChI=1S/C17H28N2O2/c1-4-5-11-21-12-7-10-18-14(2)16-8-6-9-17(13-16)19-15(3)20/h6,8-9,13-14,18H,4-5,7,10-12H2,1-3H3,(H,19,20). The van der Waals surface area contributed by atoms with Crippen LogP contribution < -0.4 is 10.6 Å². The van der Waals surface area contributed by atoms with Crippen LogP contribution in [0.4, 0.5) is 5.69 Å². The SMILES string of the molecule is CCCCOCCCNC(C)c1cccc(NC(C)=O)c1. The number of unbranched alkanes of at least 4 members (excludes halogenated alkanes) is 1. The van der Waals surface area contributed by atoms with Crippen LogP contribution in [0.1, 0.15) is 51.6 Å². The summed E-state index contributed by atoms with van der Waals surface area (Å²) < 4.78 is 5.54. The summed E-state index contributed by atoms with van der Waals surface area (Å²) in [5, 5.41) is 6.29. The maximum absolute atomic E-state index is 11.1. The highest BCUT2D eigenvalue weighted by Crippen LogP contribution is 2.17. The Kier molecular flexibility index (Phi) is 8.71. The number of hydrogen-bond donors (Lipinski definition) is 2. The third-order valence-corrected chi connectivity index (χ3v) is 3.27. The van der Waals surface area contributed by atoms with Gasteiger partial charge in [0, 0.05) is 31.9 Å². The van der Waals surface area contributed by atoms with E-state index in [-0.39, 0.29) is 11.9 Å². The Bertz CT molecular complexity index is 421. The van der Waals surface area contributed by atoms with Crippen LogP contribution in [-0.4, -0.2) is 25.7 Å². The Morgan fingerprint density at radius 2 is 2.05 bits per heavy atom. The second-order valence-corrected chi connectivity index (χ2v) is 5.30. The van der Waals surface area contributed by atoms with Gasteiger partial charge in [-0.1, -0.05) is 25.5 Å². The zero-order chi connectivity index (χ0) is 15.5. The van der Waals surface area contributed by atoms with Crippen molar-refractivity contribution in [3.63, 3.8) is 0 Å². The molecule has 21 heavy (non-hydrogen) atoms. The van der Waals surface area contributed by atoms with E-state index in [1.165, 1.54) is 18.9 Å². The van der Waals surface area contributed by atoms with Crippen LogP contribution >= 0.6 is 0 Å². The van der Waals surface area contributed by atoms with E-state index in [0.717, 1.165) is 38.3 Å². The van der Waals surface area contributed by atoms with Gasteiger partial charge in [0.1, 0.15) is 0 Å². The molecule has 1 amide bonds. The van der Waals surface area contributed by atoms with Gasteiger partial charge in [0.15, 0.2) is 0 Å². The van der Waals surface area contributed by atoms with Gasteiger partial charge in [0.25, 0.3) is 0 Å². The highest BCUT2D eigenvalue weighted by Gasteiger charge is 2.05. The predicted molar refractivity (Wildman–Crippen MR) is 87.5 cm³/mol. The van der Waals surface area contributed by atoms with Gasteiger partial charge < -0.3 is 15.4 Å². The lowest BCUT2D eigenvalue weighted by atomic mass is 10.1. The Morgan fingerprint density at radius 1 is 1.29 bits per heavy atom. The van der Waals surface area contributed by atoms with Crippen LogP contribution in [0, 0.1) is 0 Å². The summed E-state index contributed by atoms with van der Waals surface area (Å²) in [4.78, 5) is 11.1. The Morgan fingerprint density at radius 3 is 2.76 bits per heavy atom. The molecule has 0 bridgehead atoms. The van der Waals surface area contributed by atoms with E-state index in [9.17, 15) is 4.79 Å². The van der Waals surface area contributed by atoms with Crippen molar-refractivity contribution >= 4 is 11.6 Å². The lowest BCUT2D eigenvalue weighted by molar-refractivity contribution is -0.114. The molecule has 0 saturated heterocycles. The van der Waals surface area contributed by atoms with Crippen molar-refractivity contribution in [3.8, 4) is 0 Å². The zero-order valence-electron chi connectivity index (χ0n) is 13.4. The molecule has 0 aliphatic heterocycles. The lowest BCUT2D eigenvalue weighted by Gasteiger charge is -2.15. The molecule has 1 unspecified atom stereocenters. The lowest BCUT2D eigenvalue weighted by Crippen LogP contribution is -2.21. The van der Waals surface area contributed by atoms with Crippen LogP contribution in [0.25, 0.3) is 0 Å². The van der Waals surface area contributed by atoms with Gasteiger partial charge >= 0.3 is 0 Å². The molecule has 2 N–H and O–H groups in total. The zero-order valence-corrected chi connectivity index (χ0v) is 13.4. The molecule has 0 radical (unpaired) electrons. The van der Waals surface area contributed by atoms with Gasteiger partial charge in [0.2, 0.25) is 5.91 Å². The van der Waals surface area contributed by atoms with E-state index in [2.05, 4.69) is 30.5 Å². The number of carbonyl (C=O) groups excluding carboxylic acids is 1. The number of carbonyl (C=O) groups is 1. The molecule has 1 aromatic carbocycles. The molecule has 0 aromatic heterocycles. The Labute approximate surface area is 128 Å². The molecular weight excluding hydrogens is 264 g/mol. The van der Waals surface area contributed by atoms with E-state index < -0.39 is 0 Å². The molecule has 1 atom stereocenters. The van der Waals surface area contributed by atoms with Crippen molar-refractivity contribution in [1.29, 1.82) is 0 Å². The molecule has 118 valence electrons. The summed E-state index contributed by atoms with van der Waals surface area (Å²) in [5.74, 6) is -0.0445. The predicted octanol–water partition coefficient (Wildman–Crippen LogP) is 3.50. The molecule has 1 aromatic rings. The van der Waals surface area contributed by atoms with Crippen LogP contribution in [0.15, 0.2) is 24.3 Å². The maximum atomic E-state index is 11.1. The van der Waals surface area contributed by atoms with Gasteiger partial charge in [-0.3, -0.25) is 4.79 Å². The van der Waals surface area contributed by atoms with E-state index in [4.69, 9.17) is 4.74 Å². The van der Waals surface area contributed by atoms with Crippen molar-refractivity contribution in [2.45, 2.75) is 46.1 Å². The number of hydrogen-bond acceptors (Lipinski definition) is 3. The summed E-state index contributed by atoms with van der Waals surface area (Å²) in [6.07, 6.45) is 3.33. The highest BCUT2D eigenvalue weighted by molar-refractivity contribution is 5.88. The third kappa shape index (κ3) is 7.83. The van der Waals surface area contributed by atoms with Gasteiger partial charge in [-0.15, -0.1) is 0 Å². The molecule has 0 spiro atoms. The van der Waals surface area contributed by atoms with Gasteiger partial charge in [0.05, 0.1) is 0 Å². The molecule has 0 fully saturated rings. The van der Waals surface area contributed by atoms with E-state index in [1.54, 1.807) is 0 Å². The van der Waals surface area contributed by atoms with Crippen molar-refractivity contribution < 1.29 is 9.53 Å². The first kappa shape index (κ1) is 17.7. The van der Waals surface area contributed by atoms with Crippen molar-refractivity contribution in [3.05, 3.63) is 29.8 Å². The molecule has 1 rings (SSSR count). The summed E-state index contributed by atoms with van der Waals surface area (Å²) in [5.41, 5.74) is 2.02. The smallest absolute Gasteiger partial charge is 0.221 e. The minimum absolute atomic E-state index is 0.0445. The molecule has 0 saturated carbocycles. The van der Waals surface area contributed by atoms with E-state index in [1.807, 2.05) is 18.2 Å². The molecule has 4 nitrogen and oxygen atoms in total. The largest absolute Gasteiger partial charge is 0.381 e. The number of benzene rings is 1. The van der Waals surface area contributed by atoms with Crippen LogP contribution in [0.5, 0.6) is 0 Å². The van der Waals surface area contributed by atoms with Gasteiger partial charge in [-0.05, 0) is 44.0 Å². The summed E-state index contributed by atoms with van der Waals surface area (Å²) >= 11 is 0. The van der Waals surface area contributed by atoms with Crippen LogP contribution in [-0.2, 0) is 9.53 Å². The van der Waals surface area contributed by atoms with Crippen molar-refractivity contribution in [2.24, 2.45) is 0 Å². The van der Waals surface area contributed by atoms with Gasteiger partial charge in [-0.2, -0.15) is 0 Å². The summed E-state index contributed by atoms with van der Waals surface area (Å²) in [7, 11) is 0. The fraction of sp³-hybridized carbons (Fsp3) is 0.588. The van der Waals surface area contributed by atoms with E-state index in [0.29, 0.717) is 0 Å². The number of nitrogens with one attached hydrogen (secondary N) is 2. The monoisotopic (exact) mass is 292 g/mol. The van der Waals surface area contributed by atoms with Crippen molar-refractivity contribution in [1.82, 2.24) is 5.32 Å². The van der Waals surface area contributed by atoms with Crippen LogP contribution in [0.2, 0.25) is 0 Å². The average Bonchev–Trinajstić information content (AvgIpc) is 2.45. The van der Waals surface area contributed by atoms with Gasteiger partial charge in [-0.25, -0.2) is 0 Å². The third-order valence-electron chi connectivity index (χ3n) is 3.27. The Balaban J connectivity index is 2.28. The first-order valence-electron chi connectivity index (χ1n) is 7.82. The summed E-state index contributed by atoms with van der Waals surface area (Å²) in [6, 6.07) is 8.21. The van der Waals surface area contributed by atoms with E-state index >= 15 is 0 Å². The van der Waals surface area contributed by atoms with Crippen LogP contribution in [0.3, 0.4) is 0 Å². The first-order valence-corrected chi connectivity index (χ1v) is 7.82. The minimum Gasteiger partial charge on any atom is -0.381 e. The quantitative estimate of drug-likeness (QED) is 0.649. The second kappa shape index (κ2) is 10.4. The first-order chi connectivity index (χ1) is 10.1. The fourth-order valence-electron chi connectivity index (χ4n) is 2.05. The Hall–Kier alpha value is -1.39.